The Kier molecular flexibility index (Phi) is 7.26. The van der Waals surface area contributed by atoms with Crippen LogP contribution in [0.3, 0.4) is 0 Å². The predicted molar refractivity (Wildman–Crippen MR) is 124 cm³/mol. The lowest BCUT2D eigenvalue weighted by Crippen LogP contribution is -2.31. The van der Waals surface area contributed by atoms with Gasteiger partial charge in [0.1, 0.15) is 6.04 Å². The molecule has 2 N–H and O–H groups in total. The van der Waals surface area contributed by atoms with Gasteiger partial charge >= 0.3 is 12.1 Å². The summed E-state index contributed by atoms with van der Waals surface area (Å²) in [6.45, 7) is 2.44. The Morgan fingerprint density at radius 3 is 2.06 bits per heavy atom. The zero-order chi connectivity index (χ0) is 21.6. The normalized spacial score (nSPS) is 21.1. The zero-order valence-electron chi connectivity index (χ0n) is 17.1. The van der Waals surface area contributed by atoms with Crippen LogP contribution in [0.25, 0.3) is 0 Å². The number of benzene rings is 2. The first-order chi connectivity index (χ1) is 15.1. The molecule has 2 fully saturated rings. The van der Waals surface area contributed by atoms with E-state index >= 15 is 0 Å². The van der Waals surface area contributed by atoms with E-state index in [0.29, 0.717) is 26.2 Å². The molecule has 0 radical (unpaired) electrons. The van der Waals surface area contributed by atoms with Crippen molar-refractivity contribution in [3.05, 3.63) is 71.8 Å². The number of hydrogen-bond acceptors (Lipinski definition) is 5. The fourth-order valence-corrected chi connectivity index (χ4v) is 5.80. The summed E-state index contributed by atoms with van der Waals surface area (Å²) in [4.78, 5) is 28.0. The molecule has 0 saturated carbocycles. The maximum Gasteiger partial charge on any atom is 0.344 e. The molecule has 4 amide bonds. The highest BCUT2D eigenvalue weighted by Crippen LogP contribution is 2.29. The number of urea groups is 2. The van der Waals surface area contributed by atoms with E-state index in [1.165, 1.54) is 0 Å². The number of nitrogens with zero attached hydrogens (tertiary/aromatic N) is 3. The zero-order valence-corrected chi connectivity index (χ0v) is 18.7. The van der Waals surface area contributed by atoms with Crippen molar-refractivity contribution in [2.45, 2.75) is 12.1 Å². The van der Waals surface area contributed by atoms with Crippen molar-refractivity contribution in [3.8, 4) is 0 Å². The Hall–Kier alpha value is -2.36. The Labute approximate surface area is 190 Å². The lowest BCUT2D eigenvalue weighted by Gasteiger charge is -2.15. The van der Waals surface area contributed by atoms with E-state index in [0.717, 1.165) is 27.7 Å². The van der Waals surface area contributed by atoms with Gasteiger partial charge in [-0.05, 0) is 11.1 Å². The minimum Gasteiger partial charge on any atom is -0.329 e. The third kappa shape index (κ3) is 5.28. The van der Waals surface area contributed by atoms with Crippen LogP contribution >= 0.6 is 21.6 Å². The number of hydroxylamine groups is 2. The van der Waals surface area contributed by atoms with E-state index in [2.05, 4.69) is 5.32 Å². The molecule has 2 saturated heterocycles. The minimum absolute atomic E-state index is 0.0166. The molecular weight excluding hydrogens is 432 g/mol. The molecule has 0 spiro atoms. The Balaban J connectivity index is 1.14. The van der Waals surface area contributed by atoms with Gasteiger partial charge in [-0.25, -0.2) is 9.59 Å². The molecule has 2 atom stereocenters. The van der Waals surface area contributed by atoms with Crippen LogP contribution in [0.1, 0.15) is 23.2 Å². The van der Waals surface area contributed by atoms with Crippen molar-refractivity contribution >= 4 is 33.7 Å². The number of carbonyl (C=O) groups is 2. The van der Waals surface area contributed by atoms with Gasteiger partial charge in [-0.1, -0.05) is 82.3 Å². The Bertz CT molecular complexity index is 887. The second-order valence-electron chi connectivity index (χ2n) is 7.50. The van der Waals surface area contributed by atoms with Crippen LogP contribution in [0.4, 0.5) is 9.59 Å². The number of rotatable bonds is 9. The number of amides is 4. The molecule has 2 aromatic rings. The van der Waals surface area contributed by atoms with Crippen LogP contribution in [-0.2, 0) is 0 Å². The first-order valence-corrected chi connectivity index (χ1v) is 12.8. The molecule has 2 aliphatic rings. The molecule has 2 aliphatic heterocycles. The Morgan fingerprint density at radius 1 is 0.839 bits per heavy atom. The molecular formula is C22H26N4O3S2. The summed E-state index contributed by atoms with van der Waals surface area (Å²) in [6, 6.07) is 19.0. The third-order valence-corrected chi connectivity index (χ3v) is 7.87. The fourth-order valence-electron chi connectivity index (χ4n) is 3.82. The summed E-state index contributed by atoms with van der Waals surface area (Å²) in [5.74, 6) is 1.59. The third-order valence-electron chi connectivity index (χ3n) is 5.50. The first-order valence-electron chi connectivity index (χ1n) is 10.3. The minimum atomic E-state index is -0.347. The van der Waals surface area contributed by atoms with Crippen LogP contribution in [0.5, 0.6) is 0 Å². The molecule has 31 heavy (non-hydrogen) atoms. The van der Waals surface area contributed by atoms with E-state index in [4.69, 9.17) is 0 Å². The van der Waals surface area contributed by atoms with Crippen molar-refractivity contribution < 1.29 is 14.8 Å². The summed E-state index contributed by atoms with van der Waals surface area (Å²) in [5.41, 5.74) is 2.06. The van der Waals surface area contributed by atoms with E-state index in [-0.39, 0.29) is 24.1 Å². The lowest BCUT2D eigenvalue weighted by atomic mass is 10.1. The highest BCUT2D eigenvalue weighted by Gasteiger charge is 2.37. The van der Waals surface area contributed by atoms with Crippen LogP contribution in [0, 0.1) is 0 Å². The van der Waals surface area contributed by atoms with Crippen molar-refractivity contribution in [1.29, 1.82) is 0 Å². The van der Waals surface area contributed by atoms with E-state index < -0.39 is 0 Å². The molecule has 2 aromatic carbocycles. The van der Waals surface area contributed by atoms with Gasteiger partial charge < -0.3 is 15.1 Å². The monoisotopic (exact) mass is 458 g/mol. The van der Waals surface area contributed by atoms with Gasteiger partial charge in [-0.15, -0.1) is 0 Å². The topological polar surface area (TPSA) is 76.1 Å². The Morgan fingerprint density at radius 2 is 1.42 bits per heavy atom. The highest BCUT2D eigenvalue weighted by molar-refractivity contribution is 8.76. The summed E-state index contributed by atoms with van der Waals surface area (Å²) >= 11 is 0. The van der Waals surface area contributed by atoms with Crippen LogP contribution in [0.2, 0.25) is 0 Å². The average molecular weight is 459 g/mol. The van der Waals surface area contributed by atoms with Gasteiger partial charge in [0.2, 0.25) is 0 Å². The highest BCUT2D eigenvalue weighted by atomic mass is 33.1. The van der Waals surface area contributed by atoms with Gasteiger partial charge in [0.25, 0.3) is 0 Å². The van der Waals surface area contributed by atoms with Gasteiger partial charge in [-0.3, -0.25) is 5.21 Å². The van der Waals surface area contributed by atoms with E-state index in [9.17, 15) is 14.8 Å². The molecule has 0 bridgehead atoms. The van der Waals surface area contributed by atoms with Crippen molar-refractivity contribution in [2.75, 3.05) is 37.7 Å². The molecule has 2 unspecified atom stereocenters. The standard InChI is InChI=1S/C22H26N4O3S2/c27-21-23-19(17-7-3-1-4-8-17)15-24(21)11-13-30-31-14-12-25-16-20(26(29)22(25)28)18-9-5-2-6-10-18/h1-10,19-20,29H,11-16H2,(H,23,27). The molecule has 0 aliphatic carbocycles. The van der Waals surface area contributed by atoms with Crippen LogP contribution in [0.15, 0.2) is 60.7 Å². The van der Waals surface area contributed by atoms with Crippen LogP contribution in [-0.4, -0.2) is 69.8 Å². The molecule has 2 heterocycles. The number of carbonyl (C=O) groups excluding carboxylic acids is 2. The smallest absolute Gasteiger partial charge is 0.329 e. The lowest BCUT2D eigenvalue weighted by molar-refractivity contribution is -0.0593. The summed E-state index contributed by atoms with van der Waals surface area (Å²) in [5, 5.41) is 14.0. The van der Waals surface area contributed by atoms with Gasteiger partial charge in [0.05, 0.1) is 6.04 Å². The van der Waals surface area contributed by atoms with E-state index in [1.807, 2.05) is 65.6 Å². The molecule has 4 rings (SSSR count). The van der Waals surface area contributed by atoms with Crippen LogP contribution < -0.4 is 5.32 Å². The molecule has 164 valence electrons. The summed E-state index contributed by atoms with van der Waals surface area (Å²) < 4.78 is 0. The van der Waals surface area contributed by atoms with Gasteiger partial charge in [0.15, 0.2) is 0 Å². The largest absolute Gasteiger partial charge is 0.344 e. The second kappa shape index (κ2) is 10.3. The van der Waals surface area contributed by atoms with Crippen molar-refractivity contribution in [2.24, 2.45) is 0 Å². The quantitative estimate of drug-likeness (QED) is 0.337. The number of hydrogen-bond donors (Lipinski definition) is 2. The molecule has 7 nitrogen and oxygen atoms in total. The fraction of sp³-hybridized carbons (Fsp3) is 0.364. The SMILES string of the molecule is O=C1NC(c2ccccc2)CN1CCSSCCN1CC(c2ccccc2)N(O)C1=O. The maximum absolute atomic E-state index is 12.3. The maximum atomic E-state index is 12.3. The molecule has 9 heteroatoms. The number of nitrogens with one attached hydrogen (secondary N) is 1. The summed E-state index contributed by atoms with van der Waals surface area (Å²) in [6.07, 6.45) is 0. The van der Waals surface area contributed by atoms with Crippen molar-refractivity contribution in [3.63, 3.8) is 0 Å². The van der Waals surface area contributed by atoms with Gasteiger partial charge in [-0.2, -0.15) is 5.06 Å². The van der Waals surface area contributed by atoms with E-state index in [1.54, 1.807) is 26.5 Å². The second-order valence-corrected chi connectivity index (χ2v) is 10.2. The molecule has 0 aromatic heterocycles. The van der Waals surface area contributed by atoms with Crippen molar-refractivity contribution in [1.82, 2.24) is 20.2 Å². The average Bonchev–Trinajstić information content (AvgIpc) is 3.31. The first kappa shape index (κ1) is 21.9. The predicted octanol–water partition coefficient (Wildman–Crippen LogP) is 4.00. The summed E-state index contributed by atoms with van der Waals surface area (Å²) in [7, 11) is 3.39. The van der Waals surface area contributed by atoms with Gasteiger partial charge in [0, 0.05) is 37.7 Å².